The molecule has 1 amide bonds. The number of anilines is 1. The maximum absolute atomic E-state index is 13.2. The number of likely N-dealkylation sites (N-methyl/N-ethyl adjacent to an activating group) is 1. The number of nitrogens with zero attached hydrogens (tertiary/aromatic N) is 3. The number of hydrogen-bond donors (Lipinski definition) is 3. The predicted molar refractivity (Wildman–Crippen MR) is 117 cm³/mol. The van der Waals surface area contributed by atoms with Crippen LogP contribution in [0, 0.1) is 6.92 Å². The van der Waals surface area contributed by atoms with E-state index in [2.05, 4.69) is 20.6 Å². The molecule has 3 rings (SSSR count). The first kappa shape index (κ1) is 21.2. The molecule has 0 saturated heterocycles. The normalized spacial score (nSPS) is 12.8. The Kier molecular flexibility index (Phi) is 6.27. The van der Waals surface area contributed by atoms with Crippen LogP contribution in [0.3, 0.4) is 0 Å². The number of nitrogens with two attached hydrogens (primary N) is 1. The van der Waals surface area contributed by atoms with Gasteiger partial charge in [0.1, 0.15) is 11.4 Å². The van der Waals surface area contributed by atoms with Crippen molar-refractivity contribution in [3.63, 3.8) is 0 Å². The van der Waals surface area contributed by atoms with Gasteiger partial charge in [0.05, 0.1) is 0 Å². The van der Waals surface area contributed by atoms with Gasteiger partial charge >= 0.3 is 0 Å². The fourth-order valence-corrected chi connectivity index (χ4v) is 3.25. The Balaban J connectivity index is 1.97. The van der Waals surface area contributed by atoms with Crippen molar-refractivity contribution in [2.75, 3.05) is 18.9 Å². The maximum Gasteiger partial charge on any atom is 0.299 e. The molecule has 2 aromatic heterocycles. The van der Waals surface area contributed by atoms with Gasteiger partial charge in [0, 0.05) is 37.2 Å². The van der Waals surface area contributed by atoms with Crippen molar-refractivity contribution in [1.29, 1.82) is 0 Å². The highest BCUT2D eigenvalue weighted by Crippen LogP contribution is 2.23. The second kappa shape index (κ2) is 8.87. The third kappa shape index (κ3) is 4.23. The van der Waals surface area contributed by atoms with Crippen molar-refractivity contribution < 1.29 is 4.79 Å². The van der Waals surface area contributed by atoms with Gasteiger partial charge in [-0.1, -0.05) is 36.4 Å². The Morgan fingerprint density at radius 1 is 1.17 bits per heavy atom. The summed E-state index contributed by atoms with van der Waals surface area (Å²) >= 11 is 0. The fraction of sp³-hybridized carbons (Fsp3) is 0.273. The van der Waals surface area contributed by atoms with Gasteiger partial charge in [0.25, 0.3) is 5.56 Å². The molecule has 8 heteroatoms. The molecule has 0 aliphatic heterocycles. The quantitative estimate of drug-likeness (QED) is 0.548. The highest BCUT2D eigenvalue weighted by Gasteiger charge is 2.33. The van der Waals surface area contributed by atoms with Gasteiger partial charge in [-0.05, 0) is 31.9 Å². The number of carbonyl (C=O) groups is 1. The topological polar surface area (TPSA) is 115 Å². The molecule has 156 valence electrons. The van der Waals surface area contributed by atoms with Crippen LogP contribution in [0.5, 0.6) is 0 Å². The van der Waals surface area contributed by atoms with E-state index < -0.39 is 5.54 Å². The summed E-state index contributed by atoms with van der Waals surface area (Å²) in [7, 11) is 1.52. The summed E-state index contributed by atoms with van der Waals surface area (Å²) in [6, 6.07) is 13.4. The first-order chi connectivity index (χ1) is 14.4. The number of amides is 1. The lowest BCUT2D eigenvalue weighted by Crippen LogP contribution is -2.48. The van der Waals surface area contributed by atoms with Crippen LogP contribution >= 0.6 is 0 Å². The fourth-order valence-electron chi connectivity index (χ4n) is 3.25. The van der Waals surface area contributed by atoms with Crippen molar-refractivity contribution in [1.82, 2.24) is 19.9 Å². The minimum absolute atomic E-state index is 0.215. The first-order valence-electron chi connectivity index (χ1n) is 9.69. The van der Waals surface area contributed by atoms with Gasteiger partial charge in [-0.15, -0.1) is 0 Å². The van der Waals surface area contributed by atoms with Crippen LogP contribution in [0.1, 0.15) is 23.7 Å². The van der Waals surface area contributed by atoms with Crippen molar-refractivity contribution in [2.45, 2.75) is 25.8 Å². The molecule has 0 aliphatic carbocycles. The maximum atomic E-state index is 13.2. The summed E-state index contributed by atoms with van der Waals surface area (Å²) in [5.74, 6) is 0.145. The second-order valence-electron chi connectivity index (χ2n) is 7.21. The molecular formula is C22H26N6O2. The van der Waals surface area contributed by atoms with Crippen LogP contribution in [0.4, 0.5) is 5.82 Å². The second-order valence-corrected chi connectivity index (χ2v) is 7.21. The molecule has 0 radical (unpaired) electrons. The van der Waals surface area contributed by atoms with Crippen molar-refractivity contribution >= 4 is 11.7 Å². The molecule has 0 aliphatic rings. The van der Waals surface area contributed by atoms with Crippen LogP contribution in [-0.4, -0.2) is 34.0 Å². The highest BCUT2D eigenvalue weighted by molar-refractivity contribution is 5.87. The SMILES string of the molecule is CNC(=O)C(C)(N)c1cccnc1-n1c(C)cnc(NCCc2ccccc2)c1=O. The zero-order valence-corrected chi connectivity index (χ0v) is 17.3. The van der Waals surface area contributed by atoms with Crippen molar-refractivity contribution in [3.05, 3.63) is 82.0 Å². The monoisotopic (exact) mass is 406 g/mol. The summed E-state index contributed by atoms with van der Waals surface area (Å²) in [5.41, 5.74) is 6.78. The number of rotatable bonds is 7. The Hall–Kier alpha value is -3.52. The summed E-state index contributed by atoms with van der Waals surface area (Å²) in [4.78, 5) is 34.2. The minimum atomic E-state index is -1.37. The molecule has 4 N–H and O–H groups in total. The number of aryl methyl sites for hydroxylation is 1. The summed E-state index contributed by atoms with van der Waals surface area (Å²) < 4.78 is 1.43. The van der Waals surface area contributed by atoms with E-state index in [4.69, 9.17) is 5.73 Å². The average molecular weight is 406 g/mol. The lowest BCUT2D eigenvalue weighted by atomic mass is 9.92. The summed E-state index contributed by atoms with van der Waals surface area (Å²) in [6.07, 6.45) is 3.91. The number of carbonyl (C=O) groups excluding carboxylic acids is 1. The van der Waals surface area contributed by atoms with Crippen molar-refractivity contribution in [2.24, 2.45) is 5.73 Å². The standard InChI is InChI=1S/C22H26N6O2/c1-15-14-27-18(25-13-11-16-8-5-4-6-9-16)20(29)28(15)19-17(10-7-12-26-19)22(2,23)21(30)24-3/h4-10,12,14H,11,13,23H2,1-3H3,(H,24,30)(H,25,27). The summed E-state index contributed by atoms with van der Waals surface area (Å²) in [5, 5.41) is 5.67. The Morgan fingerprint density at radius 2 is 1.90 bits per heavy atom. The van der Waals surface area contributed by atoms with E-state index in [1.54, 1.807) is 38.4 Å². The molecule has 1 unspecified atom stereocenters. The zero-order valence-electron chi connectivity index (χ0n) is 17.3. The van der Waals surface area contributed by atoms with Crippen LogP contribution in [0.2, 0.25) is 0 Å². The zero-order chi connectivity index (χ0) is 21.7. The molecule has 0 fully saturated rings. The van der Waals surface area contributed by atoms with E-state index in [0.29, 0.717) is 23.6 Å². The number of pyridine rings is 1. The third-order valence-electron chi connectivity index (χ3n) is 4.94. The molecular weight excluding hydrogens is 380 g/mol. The predicted octanol–water partition coefficient (Wildman–Crippen LogP) is 1.51. The van der Waals surface area contributed by atoms with E-state index in [1.807, 2.05) is 30.3 Å². The van der Waals surface area contributed by atoms with E-state index in [0.717, 1.165) is 12.0 Å². The Bertz CT molecular complexity index is 1090. The summed E-state index contributed by atoms with van der Waals surface area (Å²) in [6.45, 7) is 3.90. The van der Waals surface area contributed by atoms with Crippen LogP contribution in [0.15, 0.2) is 59.7 Å². The van der Waals surface area contributed by atoms with Gasteiger partial charge in [-0.25, -0.2) is 9.97 Å². The van der Waals surface area contributed by atoms with Crippen LogP contribution < -0.4 is 21.9 Å². The first-order valence-corrected chi connectivity index (χ1v) is 9.69. The Labute approximate surface area is 175 Å². The Morgan fingerprint density at radius 3 is 2.60 bits per heavy atom. The molecule has 30 heavy (non-hydrogen) atoms. The number of nitrogens with one attached hydrogen (secondary N) is 2. The molecule has 3 aromatic rings. The smallest absolute Gasteiger partial charge is 0.299 e. The molecule has 0 saturated carbocycles. The van der Waals surface area contributed by atoms with E-state index in [1.165, 1.54) is 11.6 Å². The van der Waals surface area contributed by atoms with E-state index in [-0.39, 0.29) is 17.3 Å². The number of hydrogen-bond acceptors (Lipinski definition) is 6. The molecule has 0 spiro atoms. The largest absolute Gasteiger partial charge is 0.365 e. The lowest BCUT2D eigenvalue weighted by molar-refractivity contribution is -0.125. The molecule has 1 atom stereocenters. The highest BCUT2D eigenvalue weighted by atomic mass is 16.2. The van der Waals surface area contributed by atoms with Gasteiger partial charge < -0.3 is 16.4 Å². The number of aromatic nitrogens is 3. The van der Waals surface area contributed by atoms with E-state index in [9.17, 15) is 9.59 Å². The van der Waals surface area contributed by atoms with Crippen molar-refractivity contribution in [3.8, 4) is 5.82 Å². The number of benzene rings is 1. The van der Waals surface area contributed by atoms with Gasteiger partial charge in [-0.3, -0.25) is 14.2 Å². The van der Waals surface area contributed by atoms with Gasteiger partial charge in [0.2, 0.25) is 5.91 Å². The average Bonchev–Trinajstić information content (AvgIpc) is 2.76. The van der Waals surface area contributed by atoms with E-state index >= 15 is 0 Å². The molecule has 8 nitrogen and oxygen atoms in total. The third-order valence-corrected chi connectivity index (χ3v) is 4.94. The van der Waals surface area contributed by atoms with Gasteiger partial charge in [0.15, 0.2) is 5.82 Å². The van der Waals surface area contributed by atoms with Crippen LogP contribution in [-0.2, 0) is 16.8 Å². The molecule has 1 aromatic carbocycles. The van der Waals surface area contributed by atoms with Crippen LogP contribution in [0.25, 0.3) is 5.82 Å². The molecule has 2 heterocycles. The minimum Gasteiger partial charge on any atom is -0.365 e. The van der Waals surface area contributed by atoms with Gasteiger partial charge in [-0.2, -0.15) is 0 Å². The molecule has 0 bridgehead atoms. The lowest BCUT2D eigenvalue weighted by Gasteiger charge is -2.26.